The molecule has 0 amide bonds. The zero-order chi connectivity index (χ0) is 18.5. The standard InChI is InChI=1S/C17H31NO5/c1-12(18)11-21-14(20)13(19)17(7,8)22-10-9-16(5,6)23-15(2,3)4/h1,9-11,18H2,2-8H3. The van der Waals surface area contributed by atoms with Crippen LogP contribution in [0.4, 0.5) is 0 Å². The van der Waals surface area contributed by atoms with Crippen LogP contribution in [0.15, 0.2) is 12.3 Å². The lowest BCUT2D eigenvalue weighted by atomic mass is 10.0. The topological polar surface area (TPSA) is 87.9 Å². The fourth-order valence-electron chi connectivity index (χ4n) is 1.97. The molecule has 0 unspecified atom stereocenters. The molecule has 0 bridgehead atoms. The number of nitrogens with two attached hydrogens (primary N) is 1. The van der Waals surface area contributed by atoms with E-state index < -0.39 is 23.0 Å². The summed E-state index contributed by atoms with van der Waals surface area (Å²) in [6.45, 7) is 16.4. The van der Waals surface area contributed by atoms with Crippen molar-refractivity contribution >= 4 is 11.8 Å². The molecule has 0 radical (unpaired) electrons. The first kappa shape index (κ1) is 21.6. The molecule has 0 saturated carbocycles. The van der Waals surface area contributed by atoms with E-state index in [0.717, 1.165) is 0 Å². The van der Waals surface area contributed by atoms with E-state index in [1.54, 1.807) is 0 Å². The highest BCUT2D eigenvalue weighted by Crippen LogP contribution is 2.24. The van der Waals surface area contributed by atoms with Crippen molar-refractivity contribution in [2.24, 2.45) is 5.73 Å². The molecule has 0 aromatic rings. The van der Waals surface area contributed by atoms with Crippen LogP contribution < -0.4 is 5.73 Å². The second kappa shape index (κ2) is 7.93. The first-order valence-electron chi connectivity index (χ1n) is 7.65. The van der Waals surface area contributed by atoms with Gasteiger partial charge in [0.05, 0.1) is 17.8 Å². The van der Waals surface area contributed by atoms with E-state index in [1.165, 1.54) is 13.8 Å². The molecular weight excluding hydrogens is 298 g/mol. The molecule has 0 rings (SSSR count). The van der Waals surface area contributed by atoms with Crippen LogP contribution in [0.2, 0.25) is 0 Å². The summed E-state index contributed by atoms with van der Waals surface area (Å²) < 4.78 is 16.3. The maximum Gasteiger partial charge on any atom is 0.378 e. The summed E-state index contributed by atoms with van der Waals surface area (Å²) in [5.74, 6) is -1.74. The lowest BCUT2D eigenvalue weighted by Crippen LogP contribution is -2.43. The van der Waals surface area contributed by atoms with Crippen LogP contribution in [-0.2, 0) is 23.8 Å². The van der Waals surface area contributed by atoms with Crippen LogP contribution in [0.1, 0.15) is 54.9 Å². The van der Waals surface area contributed by atoms with E-state index in [0.29, 0.717) is 6.42 Å². The number of rotatable bonds is 9. The molecular formula is C17H31NO5. The van der Waals surface area contributed by atoms with Gasteiger partial charge in [0, 0.05) is 5.70 Å². The molecule has 6 nitrogen and oxygen atoms in total. The van der Waals surface area contributed by atoms with Gasteiger partial charge in [-0.2, -0.15) is 0 Å². The minimum absolute atomic E-state index is 0.172. The summed E-state index contributed by atoms with van der Waals surface area (Å²) in [7, 11) is 0. The second-order valence-electron chi connectivity index (χ2n) is 7.65. The third kappa shape index (κ3) is 9.36. The van der Waals surface area contributed by atoms with Crippen molar-refractivity contribution in [3.05, 3.63) is 12.3 Å². The summed E-state index contributed by atoms with van der Waals surface area (Å²) >= 11 is 0. The predicted molar refractivity (Wildman–Crippen MR) is 88.9 cm³/mol. The van der Waals surface area contributed by atoms with Gasteiger partial charge in [0.2, 0.25) is 0 Å². The van der Waals surface area contributed by atoms with Crippen molar-refractivity contribution in [1.29, 1.82) is 0 Å². The largest absolute Gasteiger partial charge is 0.453 e. The summed E-state index contributed by atoms with van der Waals surface area (Å²) in [4.78, 5) is 23.7. The maximum atomic E-state index is 12.1. The Morgan fingerprint density at radius 3 is 2.00 bits per heavy atom. The monoisotopic (exact) mass is 329 g/mol. The Hall–Kier alpha value is -1.40. The van der Waals surface area contributed by atoms with Crippen LogP contribution in [0.3, 0.4) is 0 Å². The molecule has 6 heteroatoms. The number of ether oxygens (including phenoxy) is 3. The smallest absolute Gasteiger partial charge is 0.378 e. The number of hydrogen-bond donors (Lipinski definition) is 1. The van der Waals surface area contributed by atoms with E-state index in [9.17, 15) is 9.59 Å². The zero-order valence-electron chi connectivity index (χ0n) is 15.4. The molecule has 0 aliphatic rings. The van der Waals surface area contributed by atoms with E-state index >= 15 is 0 Å². The summed E-state index contributed by atoms with van der Waals surface area (Å²) in [5, 5.41) is 0. The van der Waals surface area contributed by atoms with Crippen LogP contribution in [0.5, 0.6) is 0 Å². The first-order valence-corrected chi connectivity index (χ1v) is 7.65. The van der Waals surface area contributed by atoms with E-state index in [1.807, 2.05) is 34.6 Å². The van der Waals surface area contributed by atoms with Gasteiger partial charge >= 0.3 is 5.97 Å². The summed E-state index contributed by atoms with van der Waals surface area (Å²) in [6, 6.07) is 0. The molecule has 23 heavy (non-hydrogen) atoms. The highest BCUT2D eigenvalue weighted by molar-refractivity contribution is 6.36. The number of carbonyl (C=O) groups is 2. The quantitative estimate of drug-likeness (QED) is 0.516. The van der Waals surface area contributed by atoms with Crippen LogP contribution in [-0.4, -0.2) is 41.8 Å². The van der Waals surface area contributed by atoms with Crippen molar-refractivity contribution in [2.45, 2.75) is 71.7 Å². The van der Waals surface area contributed by atoms with Gasteiger partial charge in [-0.3, -0.25) is 4.79 Å². The second-order valence-corrected chi connectivity index (χ2v) is 7.65. The third-order valence-electron chi connectivity index (χ3n) is 2.87. The SMILES string of the molecule is C=C(N)COC(=O)C(=O)C(C)(C)OCCC(C)(C)OC(C)(C)C. The normalized spacial score (nSPS) is 12.8. The van der Waals surface area contributed by atoms with Crippen LogP contribution >= 0.6 is 0 Å². The summed E-state index contributed by atoms with van der Waals surface area (Å²) in [6.07, 6.45) is 0.579. The molecule has 0 spiro atoms. The van der Waals surface area contributed by atoms with Gasteiger partial charge in [-0.15, -0.1) is 0 Å². The van der Waals surface area contributed by atoms with Gasteiger partial charge < -0.3 is 19.9 Å². The Morgan fingerprint density at radius 2 is 1.57 bits per heavy atom. The molecule has 0 fully saturated rings. The average molecular weight is 329 g/mol. The zero-order valence-corrected chi connectivity index (χ0v) is 15.4. The molecule has 0 heterocycles. The van der Waals surface area contributed by atoms with Gasteiger partial charge in [-0.05, 0) is 54.9 Å². The van der Waals surface area contributed by atoms with E-state index in [2.05, 4.69) is 6.58 Å². The molecule has 0 aliphatic carbocycles. The third-order valence-corrected chi connectivity index (χ3v) is 2.87. The highest BCUT2D eigenvalue weighted by Gasteiger charge is 2.36. The van der Waals surface area contributed by atoms with Gasteiger partial charge in [-0.1, -0.05) is 6.58 Å². The molecule has 134 valence electrons. The number of carbonyl (C=O) groups excluding carboxylic acids is 2. The Morgan fingerprint density at radius 1 is 1.04 bits per heavy atom. The van der Waals surface area contributed by atoms with Crippen molar-refractivity contribution in [1.82, 2.24) is 0 Å². The Balaban J connectivity index is 4.49. The van der Waals surface area contributed by atoms with Crippen molar-refractivity contribution in [3.8, 4) is 0 Å². The van der Waals surface area contributed by atoms with Gasteiger partial charge in [0.1, 0.15) is 12.2 Å². The molecule has 0 aromatic heterocycles. The molecule has 0 saturated heterocycles. The molecule has 0 aliphatic heterocycles. The van der Waals surface area contributed by atoms with Crippen LogP contribution in [0.25, 0.3) is 0 Å². The average Bonchev–Trinajstić information content (AvgIpc) is 2.31. The first-order chi connectivity index (χ1) is 10.2. The molecule has 2 N–H and O–H groups in total. The Bertz CT molecular complexity index is 446. The maximum absolute atomic E-state index is 12.1. The number of esters is 1. The minimum atomic E-state index is -1.27. The predicted octanol–water partition coefficient (Wildman–Crippen LogP) is 2.35. The number of Topliss-reactive ketones (excluding diaryl/α,β-unsaturated/α-hetero) is 1. The van der Waals surface area contributed by atoms with Gasteiger partial charge in [0.25, 0.3) is 5.78 Å². The Labute approximate surface area is 139 Å². The summed E-state index contributed by atoms with van der Waals surface area (Å²) in [5.41, 5.74) is 3.52. The fourth-order valence-corrected chi connectivity index (χ4v) is 1.97. The van der Waals surface area contributed by atoms with Crippen LogP contribution in [0, 0.1) is 0 Å². The molecule has 0 atom stereocenters. The fraction of sp³-hybridized carbons (Fsp3) is 0.765. The number of ketones is 1. The van der Waals surface area contributed by atoms with Gasteiger partial charge in [-0.25, -0.2) is 4.79 Å². The highest BCUT2D eigenvalue weighted by atomic mass is 16.6. The van der Waals surface area contributed by atoms with Crippen molar-refractivity contribution in [3.63, 3.8) is 0 Å². The van der Waals surface area contributed by atoms with Crippen molar-refractivity contribution in [2.75, 3.05) is 13.2 Å². The lowest BCUT2D eigenvalue weighted by Gasteiger charge is -2.34. The lowest BCUT2D eigenvalue weighted by molar-refractivity contribution is -0.166. The number of hydrogen-bond acceptors (Lipinski definition) is 6. The van der Waals surface area contributed by atoms with Crippen molar-refractivity contribution < 1.29 is 23.8 Å². The van der Waals surface area contributed by atoms with E-state index in [-0.39, 0.29) is 24.5 Å². The Kier molecular flexibility index (Phi) is 7.44. The minimum Gasteiger partial charge on any atom is -0.453 e. The van der Waals surface area contributed by atoms with Gasteiger partial charge in [0.15, 0.2) is 0 Å². The van der Waals surface area contributed by atoms with E-state index in [4.69, 9.17) is 19.9 Å². The molecule has 0 aromatic carbocycles.